The molecule has 0 aromatic carbocycles. The first-order valence-electron chi connectivity index (χ1n) is 6.29. The molecular weight excluding hydrogens is 282 g/mol. The zero-order chi connectivity index (χ0) is 14.1. The Kier molecular flexibility index (Phi) is 3.48. The molecule has 1 saturated carbocycles. The Morgan fingerprint density at radius 3 is 2.85 bits per heavy atom. The lowest BCUT2D eigenvalue weighted by Crippen LogP contribution is -2.33. The number of pyridine rings is 1. The molecule has 0 aliphatic heterocycles. The van der Waals surface area contributed by atoms with Gasteiger partial charge in [-0.25, -0.2) is 9.37 Å². The van der Waals surface area contributed by atoms with Crippen LogP contribution in [0.1, 0.15) is 28.8 Å². The van der Waals surface area contributed by atoms with E-state index in [0.29, 0.717) is 6.54 Å². The first kappa shape index (κ1) is 13.2. The van der Waals surface area contributed by atoms with Crippen molar-refractivity contribution in [1.29, 1.82) is 0 Å². The van der Waals surface area contributed by atoms with E-state index in [1.165, 1.54) is 6.07 Å². The highest BCUT2D eigenvalue weighted by Crippen LogP contribution is 2.30. The van der Waals surface area contributed by atoms with Crippen molar-refractivity contribution < 1.29 is 13.6 Å². The van der Waals surface area contributed by atoms with Crippen LogP contribution < -0.4 is 0 Å². The molecule has 1 amide bonds. The van der Waals surface area contributed by atoms with Crippen molar-refractivity contribution >= 4 is 17.2 Å². The molecule has 104 valence electrons. The van der Waals surface area contributed by atoms with Gasteiger partial charge in [0.15, 0.2) is 5.82 Å². The van der Waals surface area contributed by atoms with Gasteiger partial charge < -0.3 is 4.90 Å². The number of rotatable bonds is 4. The van der Waals surface area contributed by atoms with Gasteiger partial charge in [0.25, 0.3) is 5.91 Å². The van der Waals surface area contributed by atoms with Crippen LogP contribution in [0.5, 0.6) is 0 Å². The Balaban J connectivity index is 1.87. The van der Waals surface area contributed by atoms with E-state index in [-0.39, 0.29) is 11.6 Å². The van der Waals surface area contributed by atoms with Crippen LogP contribution in [-0.2, 0) is 6.54 Å². The minimum Gasteiger partial charge on any atom is -0.331 e. The molecular formula is C14H12F2N2OS. The van der Waals surface area contributed by atoms with E-state index in [0.717, 1.165) is 24.6 Å². The van der Waals surface area contributed by atoms with Crippen molar-refractivity contribution in [2.75, 3.05) is 0 Å². The summed E-state index contributed by atoms with van der Waals surface area (Å²) in [6.45, 7) is 0.427. The summed E-state index contributed by atoms with van der Waals surface area (Å²) in [5.41, 5.74) is 0.754. The van der Waals surface area contributed by atoms with Crippen molar-refractivity contribution in [2.24, 2.45) is 0 Å². The summed E-state index contributed by atoms with van der Waals surface area (Å²) in [7, 11) is 0. The molecule has 6 heteroatoms. The predicted molar refractivity (Wildman–Crippen MR) is 71.4 cm³/mol. The lowest BCUT2D eigenvalue weighted by Gasteiger charge is -2.22. The van der Waals surface area contributed by atoms with Crippen molar-refractivity contribution in [1.82, 2.24) is 9.88 Å². The third kappa shape index (κ3) is 2.56. The summed E-state index contributed by atoms with van der Waals surface area (Å²) in [6, 6.07) is 3.28. The average Bonchev–Trinajstić information content (AvgIpc) is 3.15. The molecule has 3 rings (SSSR count). The Bertz CT molecular complexity index is 626. The van der Waals surface area contributed by atoms with Crippen LogP contribution in [0.3, 0.4) is 0 Å². The summed E-state index contributed by atoms with van der Waals surface area (Å²) in [5.74, 6) is -2.88. The molecule has 0 bridgehead atoms. The van der Waals surface area contributed by atoms with Crippen molar-refractivity contribution in [3.63, 3.8) is 0 Å². The predicted octanol–water partition coefficient (Wildman–Crippen LogP) is 3.23. The molecule has 3 nitrogen and oxygen atoms in total. The quantitative estimate of drug-likeness (QED) is 0.811. The summed E-state index contributed by atoms with van der Waals surface area (Å²) in [5, 5.41) is 3.88. The smallest absolute Gasteiger partial charge is 0.257 e. The van der Waals surface area contributed by atoms with Crippen molar-refractivity contribution in [2.45, 2.75) is 25.4 Å². The molecule has 0 N–H and O–H groups in total. The van der Waals surface area contributed by atoms with Gasteiger partial charge in [-0.3, -0.25) is 4.79 Å². The molecule has 2 aromatic rings. The molecule has 0 saturated heterocycles. The first-order chi connectivity index (χ1) is 9.66. The van der Waals surface area contributed by atoms with E-state index >= 15 is 0 Å². The lowest BCUT2D eigenvalue weighted by atomic mass is 10.2. The lowest BCUT2D eigenvalue weighted by molar-refractivity contribution is 0.0723. The topological polar surface area (TPSA) is 33.2 Å². The number of hydrogen-bond acceptors (Lipinski definition) is 3. The van der Waals surface area contributed by atoms with Gasteiger partial charge >= 0.3 is 0 Å². The second-order valence-corrected chi connectivity index (χ2v) is 5.54. The fraction of sp³-hybridized carbons (Fsp3) is 0.286. The number of hydrogen-bond donors (Lipinski definition) is 0. The molecule has 20 heavy (non-hydrogen) atoms. The Hall–Kier alpha value is -1.82. The minimum absolute atomic E-state index is 0.123. The van der Waals surface area contributed by atoms with Gasteiger partial charge in [-0.2, -0.15) is 15.7 Å². The van der Waals surface area contributed by atoms with E-state index in [2.05, 4.69) is 4.98 Å². The van der Waals surface area contributed by atoms with Crippen LogP contribution >= 0.6 is 11.3 Å². The zero-order valence-electron chi connectivity index (χ0n) is 10.6. The SMILES string of the molecule is O=C(c1ccnc(F)c1F)N(Cc1ccsc1)C1CC1. The molecule has 1 aliphatic rings. The summed E-state index contributed by atoms with van der Waals surface area (Å²) in [6.07, 6.45) is 2.93. The van der Waals surface area contributed by atoms with Gasteiger partial charge in [0.2, 0.25) is 5.95 Å². The third-order valence-corrected chi connectivity index (χ3v) is 3.99. The normalized spacial score (nSPS) is 14.3. The fourth-order valence-electron chi connectivity index (χ4n) is 2.07. The van der Waals surface area contributed by atoms with Gasteiger partial charge in [0.05, 0.1) is 5.56 Å². The zero-order valence-corrected chi connectivity index (χ0v) is 11.4. The van der Waals surface area contributed by atoms with E-state index in [1.807, 2.05) is 16.8 Å². The standard InChI is InChI=1S/C14H12F2N2OS/c15-12-11(3-5-17-13(12)16)14(19)18(10-1-2-10)7-9-4-6-20-8-9/h3-6,8,10H,1-2,7H2. The fourth-order valence-corrected chi connectivity index (χ4v) is 2.73. The number of halogens is 2. The van der Waals surface area contributed by atoms with Gasteiger partial charge in [0.1, 0.15) is 0 Å². The maximum atomic E-state index is 13.7. The van der Waals surface area contributed by atoms with Crippen LogP contribution in [-0.4, -0.2) is 21.8 Å². The molecule has 2 heterocycles. The second kappa shape index (κ2) is 5.28. The first-order valence-corrected chi connectivity index (χ1v) is 7.23. The van der Waals surface area contributed by atoms with Crippen LogP contribution in [0.15, 0.2) is 29.1 Å². The third-order valence-electron chi connectivity index (χ3n) is 3.26. The Labute approximate surface area is 118 Å². The molecule has 1 fully saturated rings. The van der Waals surface area contributed by atoms with E-state index < -0.39 is 17.7 Å². The van der Waals surface area contributed by atoms with Crippen LogP contribution in [0.4, 0.5) is 8.78 Å². The van der Waals surface area contributed by atoms with Gasteiger partial charge in [0, 0.05) is 18.8 Å². The highest BCUT2D eigenvalue weighted by atomic mass is 32.1. The number of thiophene rings is 1. The summed E-state index contributed by atoms with van der Waals surface area (Å²) >= 11 is 1.54. The maximum absolute atomic E-state index is 13.7. The van der Waals surface area contributed by atoms with Gasteiger partial charge in [-0.15, -0.1) is 0 Å². The van der Waals surface area contributed by atoms with Crippen molar-refractivity contribution in [3.05, 3.63) is 52.0 Å². The number of amides is 1. The van der Waals surface area contributed by atoms with Crippen molar-refractivity contribution in [3.8, 4) is 0 Å². The number of nitrogens with zero attached hydrogens (tertiary/aromatic N) is 2. The number of carbonyl (C=O) groups excluding carboxylic acids is 1. The van der Waals surface area contributed by atoms with Gasteiger partial charge in [-0.05, 0) is 41.3 Å². The largest absolute Gasteiger partial charge is 0.331 e. The maximum Gasteiger partial charge on any atom is 0.257 e. The molecule has 1 aliphatic carbocycles. The molecule has 0 atom stereocenters. The Morgan fingerprint density at radius 2 is 2.20 bits per heavy atom. The molecule has 2 aromatic heterocycles. The Morgan fingerprint density at radius 1 is 1.40 bits per heavy atom. The average molecular weight is 294 g/mol. The molecule has 0 radical (unpaired) electrons. The number of aromatic nitrogens is 1. The highest BCUT2D eigenvalue weighted by molar-refractivity contribution is 7.07. The molecule has 0 unspecified atom stereocenters. The second-order valence-electron chi connectivity index (χ2n) is 4.76. The molecule has 0 spiro atoms. The van der Waals surface area contributed by atoms with Gasteiger partial charge in [-0.1, -0.05) is 0 Å². The van der Waals surface area contributed by atoms with Crippen LogP contribution in [0.2, 0.25) is 0 Å². The number of carbonyl (C=O) groups is 1. The van der Waals surface area contributed by atoms with E-state index in [4.69, 9.17) is 0 Å². The van der Waals surface area contributed by atoms with Crippen LogP contribution in [0, 0.1) is 11.8 Å². The highest BCUT2D eigenvalue weighted by Gasteiger charge is 2.34. The van der Waals surface area contributed by atoms with E-state index in [1.54, 1.807) is 16.2 Å². The summed E-state index contributed by atoms with van der Waals surface area (Å²) < 4.78 is 26.8. The minimum atomic E-state index is -1.23. The summed E-state index contributed by atoms with van der Waals surface area (Å²) in [4.78, 5) is 17.2. The monoisotopic (exact) mass is 294 g/mol. The van der Waals surface area contributed by atoms with Crippen LogP contribution in [0.25, 0.3) is 0 Å². The van der Waals surface area contributed by atoms with E-state index in [9.17, 15) is 13.6 Å².